The molecule has 0 atom stereocenters. The van der Waals surface area contributed by atoms with E-state index in [4.69, 9.17) is 5.11 Å². The van der Waals surface area contributed by atoms with E-state index in [1.807, 2.05) is 24.1 Å². The maximum Gasteiger partial charge on any atom is 0.305 e. The third-order valence-corrected chi connectivity index (χ3v) is 6.05. The summed E-state index contributed by atoms with van der Waals surface area (Å²) < 4.78 is 0. The lowest BCUT2D eigenvalue weighted by Gasteiger charge is -2.31. The summed E-state index contributed by atoms with van der Waals surface area (Å²) in [5.74, 6) is -0.801. The zero-order chi connectivity index (χ0) is 19.8. The van der Waals surface area contributed by atoms with Gasteiger partial charge in [0.15, 0.2) is 0 Å². The minimum atomic E-state index is -0.936. The summed E-state index contributed by atoms with van der Waals surface area (Å²) in [5.41, 5.74) is 0.503. The fourth-order valence-corrected chi connectivity index (χ4v) is 4.22. The lowest BCUT2D eigenvalue weighted by atomic mass is 9.94. The van der Waals surface area contributed by atoms with Gasteiger partial charge in [-0.15, -0.1) is 11.8 Å². The number of hydrogen-bond donors (Lipinski definition) is 1. The van der Waals surface area contributed by atoms with Crippen molar-refractivity contribution in [1.29, 1.82) is 0 Å². The smallest absolute Gasteiger partial charge is 0.305 e. The van der Waals surface area contributed by atoms with Crippen LogP contribution in [0.1, 0.15) is 48.9 Å². The van der Waals surface area contributed by atoms with Crippen LogP contribution < -0.4 is 0 Å². The van der Waals surface area contributed by atoms with E-state index in [1.54, 1.807) is 19.2 Å². The molecular formula is C20H28N2O4S. The van der Waals surface area contributed by atoms with Crippen molar-refractivity contribution in [3.63, 3.8) is 0 Å². The summed E-state index contributed by atoms with van der Waals surface area (Å²) in [5, 5.41) is 8.79. The van der Waals surface area contributed by atoms with Gasteiger partial charge >= 0.3 is 5.97 Å². The number of amides is 2. The highest BCUT2D eigenvalue weighted by Crippen LogP contribution is 2.26. The molecule has 1 aliphatic carbocycles. The first-order valence-corrected chi connectivity index (χ1v) is 10.3. The van der Waals surface area contributed by atoms with Gasteiger partial charge in [0.2, 0.25) is 5.91 Å². The molecule has 1 saturated carbocycles. The second-order valence-electron chi connectivity index (χ2n) is 6.95. The van der Waals surface area contributed by atoms with Crippen LogP contribution in [-0.2, 0) is 9.59 Å². The van der Waals surface area contributed by atoms with Crippen LogP contribution in [0.3, 0.4) is 0 Å². The number of rotatable bonds is 8. The topological polar surface area (TPSA) is 77.9 Å². The number of carboxylic acid groups (broad SMARTS) is 1. The molecule has 0 aromatic heterocycles. The molecule has 2 rings (SSSR count). The largest absolute Gasteiger partial charge is 0.481 e. The molecule has 6 nitrogen and oxygen atoms in total. The Morgan fingerprint density at radius 1 is 1.11 bits per heavy atom. The number of carboxylic acids is 1. The van der Waals surface area contributed by atoms with Crippen molar-refractivity contribution in [2.24, 2.45) is 0 Å². The summed E-state index contributed by atoms with van der Waals surface area (Å²) in [6, 6.07) is 7.49. The van der Waals surface area contributed by atoms with Crippen LogP contribution in [0.15, 0.2) is 29.2 Å². The Labute approximate surface area is 164 Å². The highest BCUT2D eigenvalue weighted by atomic mass is 32.2. The maximum atomic E-state index is 12.6. The van der Waals surface area contributed by atoms with E-state index in [0.717, 1.165) is 17.7 Å². The third-order valence-electron chi connectivity index (χ3n) is 4.99. The highest BCUT2D eigenvalue weighted by Gasteiger charge is 2.23. The Bertz CT molecular complexity index is 674. The van der Waals surface area contributed by atoms with E-state index in [-0.39, 0.29) is 30.5 Å². The van der Waals surface area contributed by atoms with Gasteiger partial charge in [-0.1, -0.05) is 31.4 Å². The average Bonchev–Trinajstić information content (AvgIpc) is 2.69. The number of carbonyl (C=O) groups is 3. The molecule has 0 spiro atoms. The molecule has 7 heteroatoms. The van der Waals surface area contributed by atoms with E-state index in [2.05, 4.69) is 0 Å². The molecule has 0 bridgehead atoms. The highest BCUT2D eigenvalue weighted by molar-refractivity contribution is 8.00. The molecule has 0 saturated heterocycles. The SMILES string of the molecule is CN(CCC(=O)O)C(=O)c1ccccc1SCC(=O)N(C)C1CCCCC1. The van der Waals surface area contributed by atoms with E-state index < -0.39 is 5.97 Å². The number of thioether (sulfide) groups is 1. The van der Waals surface area contributed by atoms with Gasteiger partial charge < -0.3 is 14.9 Å². The van der Waals surface area contributed by atoms with Gasteiger partial charge in [0.1, 0.15) is 0 Å². The lowest BCUT2D eigenvalue weighted by molar-refractivity contribution is -0.137. The van der Waals surface area contributed by atoms with Crippen LogP contribution >= 0.6 is 11.8 Å². The molecule has 0 aliphatic heterocycles. The second kappa shape index (κ2) is 10.3. The molecule has 0 unspecified atom stereocenters. The molecule has 148 valence electrons. The van der Waals surface area contributed by atoms with Gasteiger partial charge in [-0.05, 0) is 25.0 Å². The first-order chi connectivity index (χ1) is 12.9. The minimum Gasteiger partial charge on any atom is -0.481 e. The van der Waals surface area contributed by atoms with Crippen molar-refractivity contribution in [2.45, 2.75) is 49.5 Å². The normalized spacial score (nSPS) is 14.6. The number of aliphatic carboxylic acids is 1. The number of carbonyl (C=O) groups excluding carboxylic acids is 2. The van der Waals surface area contributed by atoms with E-state index in [0.29, 0.717) is 11.6 Å². The number of hydrogen-bond acceptors (Lipinski definition) is 4. The van der Waals surface area contributed by atoms with Crippen LogP contribution in [-0.4, -0.2) is 65.1 Å². The van der Waals surface area contributed by atoms with Crippen molar-refractivity contribution in [1.82, 2.24) is 9.80 Å². The molecule has 1 aromatic carbocycles. The van der Waals surface area contributed by atoms with Gasteiger partial charge in [-0.3, -0.25) is 14.4 Å². The predicted octanol–water partition coefficient (Wildman–Crippen LogP) is 3.12. The monoisotopic (exact) mass is 392 g/mol. The first kappa shape index (κ1) is 21.3. The summed E-state index contributed by atoms with van der Waals surface area (Å²) in [6.07, 6.45) is 5.64. The summed E-state index contributed by atoms with van der Waals surface area (Å²) in [7, 11) is 3.46. The molecule has 1 fully saturated rings. The van der Waals surface area contributed by atoms with Crippen molar-refractivity contribution in [3.8, 4) is 0 Å². The predicted molar refractivity (Wildman–Crippen MR) is 106 cm³/mol. The summed E-state index contributed by atoms with van der Waals surface area (Å²) in [4.78, 5) is 39.9. The quantitative estimate of drug-likeness (QED) is 0.688. The Kier molecular flexibility index (Phi) is 8.16. The van der Waals surface area contributed by atoms with Crippen LogP contribution in [0.2, 0.25) is 0 Å². The van der Waals surface area contributed by atoms with Crippen molar-refractivity contribution < 1.29 is 19.5 Å². The van der Waals surface area contributed by atoms with Crippen LogP contribution in [0.4, 0.5) is 0 Å². The summed E-state index contributed by atoms with van der Waals surface area (Å²) >= 11 is 1.36. The molecule has 1 aromatic rings. The molecule has 0 radical (unpaired) electrons. The molecule has 2 amide bonds. The zero-order valence-electron chi connectivity index (χ0n) is 16.0. The van der Waals surface area contributed by atoms with Crippen molar-refractivity contribution in [3.05, 3.63) is 29.8 Å². The average molecular weight is 393 g/mol. The van der Waals surface area contributed by atoms with Crippen LogP contribution in [0, 0.1) is 0 Å². The van der Waals surface area contributed by atoms with Crippen molar-refractivity contribution >= 4 is 29.5 Å². The minimum absolute atomic E-state index is 0.0772. The van der Waals surface area contributed by atoms with Crippen LogP contribution in [0.25, 0.3) is 0 Å². The lowest BCUT2D eigenvalue weighted by Crippen LogP contribution is -2.39. The van der Waals surface area contributed by atoms with Gasteiger partial charge in [0.25, 0.3) is 5.91 Å². The Balaban J connectivity index is 1.97. The number of benzene rings is 1. The Morgan fingerprint density at radius 3 is 2.44 bits per heavy atom. The maximum absolute atomic E-state index is 12.6. The molecule has 1 N–H and O–H groups in total. The molecule has 0 heterocycles. The van der Waals surface area contributed by atoms with Gasteiger partial charge in [0.05, 0.1) is 17.7 Å². The molecule has 27 heavy (non-hydrogen) atoms. The Morgan fingerprint density at radius 2 is 1.78 bits per heavy atom. The third kappa shape index (κ3) is 6.27. The van der Waals surface area contributed by atoms with Gasteiger partial charge in [0, 0.05) is 31.6 Å². The van der Waals surface area contributed by atoms with E-state index >= 15 is 0 Å². The van der Waals surface area contributed by atoms with Crippen molar-refractivity contribution in [2.75, 3.05) is 26.4 Å². The molecular weight excluding hydrogens is 364 g/mol. The molecule has 1 aliphatic rings. The van der Waals surface area contributed by atoms with E-state index in [1.165, 1.54) is 35.9 Å². The summed E-state index contributed by atoms with van der Waals surface area (Å²) in [6.45, 7) is 0.149. The first-order valence-electron chi connectivity index (χ1n) is 9.35. The second-order valence-corrected chi connectivity index (χ2v) is 7.97. The fourth-order valence-electron chi connectivity index (χ4n) is 3.25. The standard InChI is InChI=1S/C20H28N2O4S/c1-21(13-12-19(24)25)20(26)16-10-6-7-11-17(16)27-14-18(23)22(2)15-8-4-3-5-9-15/h6-7,10-11,15H,3-5,8-9,12-14H2,1-2H3,(H,24,25). The van der Waals surface area contributed by atoms with Gasteiger partial charge in [-0.25, -0.2) is 0 Å². The Hall–Kier alpha value is -2.02. The fraction of sp³-hybridized carbons (Fsp3) is 0.550. The van der Waals surface area contributed by atoms with E-state index in [9.17, 15) is 14.4 Å². The van der Waals surface area contributed by atoms with Gasteiger partial charge in [-0.2, -0.15) is 0 Å². The number of nitrogens with zero attached hydrogens (tertiary/aromatic N) is 2. The zero-order valence-corrected chi connectivity index (χ0v) is 16.8. The van der Waals surface area contributed by atoms with Crippen LogP contribution in [0.5, 0.6) is 0 Å².